The molecule has 0 atom stereocenters. The predicted molar refractivity (Wildman–Crippen MR) is 110 cm³/mol. The molecule has 7 heteroatoms. The number of hydrogen-bond acceptors (Lipinski definition) is 6. The van der Waals surface area contributed by atoms with Gasteiger partial charge in [0.15, 0.2) is 0 Å². The minimum absolute atomic E-state index is 0.170. The Morgan fingerprint density at radius 2 is 1.83 bits per heavy atom. The number of rotatable bonds is 7. The molecule has 0 spiro atoms. The van der Waals surface area contributed by atoms with E-state index in [2.05, 4.69) is 10.4 Å². The number of methoxy groups -OCH3 is 2. The Hall–Kier alpha value is -3.32. The van der Waals surface area contributed by atoms with Crippen LogP contribution in [0.3, 0.4) is 0 Å². The minimum atomic E-state index is -0.358. The predicted octanol–water partition coefficient (Wildman–Crippen LogP) is 3.75. The second-order valence-corrected chi connectivity index (χ2v) is 6.73. The van der Waals surface area contributed by atoms with Crippen LogP contribution in [0, 0.1) is 13.8 Å². The molecule has 0 saturated carbocycles. The van der Waals surface area contributed by atoms with E-state index in [0.29, 0.717) is 29.4 Å². The number of aryl methyl sites for hydroxylation is 2. The van der Waals surface area contributed by atoms with Crippen molar-refractivity contribution in [2.75, 3.05) is 21.3 Å². The summed E-state index contributed by atoms with van der Waals surface area (Å²) in [5.41, 5.74) is 6.12. The van der Waals surface area contributed by atoms with Crippen LogP contribution in [-0.4, -0.2) is 37.2 Å². The second-order valence-electron chi connectivity index (χ2n) is 6.73. The Morgan fingerprint density at radius 1 is 1.10 bits per heavy atom. The van der Waals surface area contributed by atoms with Crippen LogP contribution in [0.2, 0.25) is 0 Å². The van der Waals surface area contributed by atoms with E-state index in [9.17, 15) is 4.79 Å². The zero-order valence-corrected chi connectivity index (χ0v) is 17.3. The molecule has 0 fully saturated rings. The monoisotopic (exact) mass is 395 g/mol. The van der Waals surface area contributed by atoms with Crippen LogP contribution in [0.25, 0.3) is 11.5 Å². The fourth-order valence-electron chi connectivity index (χ4n) is 3.12. The van der Waals surface area contributed by atoms with Crippen LogP contribution in [0.15, 0.2) is 46.9 Å². The van der Waals surface area contributed by atoms with Gasteiger partial charge in [-0.25, -0.2) is 9.99 Å². The third-order valence-electron chi connectivity index (χ3n) is 4.51. The van der Waals surface area contributed by atoms with E-state index in [1.54, 1.807) is 33.2 Å². The normalized spacial score (nSPS) is 10.8. The van der Waals surface area contributed by atoms with Crippen LogP contribution in [0.5, 0.6) is 11.5 Å². The molecule has 0 bridgehead atoms. The van der Waals surface area contributed by atoms with E-state index in [1.807, 2.05) is 49.4 Å². The Labute approximate surface area is 170 Å². The molecule has 0 aliphatic heterocycles. The summed E-state index contributed by atoms with van der Waals surface area (Å²) in [6.07, 6.45) is 0. The van der Waals surface area contributed by atoms with Gasteiger partial charge < -0.3 is 13.9 Å². The van der Waals surface area contributed by atoms with Gasteiger partial charge in [-0.3, -0.25) is 10.2 Å². The molecule has 3 aromatic rings. The summed E-state index contributed by atoms with van der Waals surface area (Å²) in [4.78, 5) is 17.1. The fourth-order valence-corrected chi connectivity index (χ4v) is 3.12. The number of para-hydroxylation sites is 1. The highest BCUT2D eigenvalue weighted by Gasteiger charge is 2.21. The van der Waals surface area contributed by atoms with Gasteiger partial charge in [0, 0.05) is 13.6 Å². The molecule has 0 radical (unpaired) electrons. The zero-order valence-electron chi connectivity index (χ0n) is 17.3. The van der Waals surface area contributed by atoms with E-state index in [0.717, 1.165) is 16.9 Å². The SMILES string of the molecule is COc1ccc(CN(C)NC(=O)c2oc(-c3ccccc3OC)nc2C)cc1C. The van der Waals surface area contributed by atoms with Crippen molar-refractivity contribution in [2.24, 2.45) is 0 Å². The standard InChI is InChI=1S/C22H25N3O4/c1-14-12-16(10-11-18(14)27-4)13-25(3)24-21(26)20-15(2)23-22(29-20)17-8-6-7-9-19(17)28-5/h6-12H,13H2,1-5H3,(H,24,26). The summed E-state index contributed by atoms with van der Waals surface area (Å²) in [6, 6.07) is 13.3. The van der Waals surface area contributed by atoms with Crippen molar-refractivity contribution in [1.29, 1.82) is 0 Å². The van der Waals surface area contributed by atoms with Gasteiger partial charge >= 0.3 is 5.91 Å². The topological polar surface area (TPSA) is 76.8 Å². The molecule has 7 nitrogen and oxygen atoms in total. The molecular weight excluding hydrogens is 370 g/mol. The summed E-state index contributed by atoms with van der Waals surface area (Å²) in [5, 5.41) is 1.70. The number of aromatic nitrogens is 1. The lowest BCUT2D eigenvalue weighted by atomic mass is 10.1. The summed E-state index contributed by atoms with van der Waals surface area (Å²) < 4.78 is 16.4. The average Bonchev–Trinajstić information content (AvgIpc) is 3.09. The molecule has 2 aromatic carbocycles. The summed E-state index contributed by atoms with van der Waals surface area (Å²) in [7, 11) is 5.02. The smallest absolute Gasteiger partial charge is 0.303 e. The number of oxazole rings is 1. The Balaban J connectivity index is 1.72. The maximum atomic E-state index is 12.7. The number of hydrazine groups is 1. The van der Waals surface area contributed by atoms with E-state index in [-0.39, 0.29) is 11.7 Å². The lowest BCUT2D eigenvalue weighted by Gasteiger charge is -2.18. The molecule has 1 aromatic heterocycles. The molecule has 1 amide bonds. The van der Waals surface area contributed by atoms with E-state index >= 15 is 0 Å². The number of nitrogens with zero attached hydrogens (tertiary/aromatic N) is 2. The van der Waals surface area contributed by atoms with Crippen LogP contribution < -0.4 is 14.9 Å². The lowest BCUT2D eigenvalue weighted by molar-refractivity contribution is 0.0790. The number of amides is 1. The lowest BCUT2D eigenvalue weighted by Crippen LogP contribution is -2.38. The second kappa shape index (κ2) is 8.79. The van der Waals surface area contributed by atoms with Gasteiger partial charge in [-0.15, -0.1) is 0 Å². The fraction of sp³-hybridized carbons (Fsp3) is 0.273. The first-order chi connectivity index (χ1) is 13.9. The van der Waals surface area contributed by atoms with Crippen molar-refractivity contribution in [3.8, 4) is 23.0 Å². The van der Waals surface area contributed by atoms with Crippen molar-refractivity contribution in [3.63, 3.8) is 0 Å². The van der Waals surface area contributed by atoms with Crippen molar-refractivity contribution in [1.82, 2.24) is 15.4 Å². The molecule has 1 N–H and O–H groups in total. The third kappa shape index (κ3) is 4.57. The molecule has 0 unspecified atom stereocenters. The average molecular weight is 395 g/mol. The highest BCUT2D eigenvalue weighted by molar-refractivity contribution is 5.92. The molecule has 0 aliphatic carbocycles. The quantitative estimate of drug-likeness (QED) is 0.614. The highest BCUT2D eigenvalue weighted by atomic mass is 16.5. The van der Waals surface area contributed by atoms with Crippen LogP contribution >= 0.6 is 0 Å². The van der Waals surface area contributed by atoms with Gasteiger partial charge in [0.05, 0.1) is 25.5 Å². The first-order valence-electron chi connectivity index (χ1n) is 9.19. The highest BCUT2D eigenvalue weighted by Crippen LogP contribution is 2.30. The number of nitrogens with one attached hydrogen (secondary N) is 1. The largest absolute Gasteiger partial charge is 0.496 e. The van der Waals surface area contributed by atoms with Crippen molar-refractivity contribution >= 4 is 5.91 Å². The van der Waals surface area contributed by atoms with Gasteiger partial charge in [0.1, 0.15) is 11.5 Å². The number of hydrogen-bond donors (Lipinski definition) is 1. The van der Waals surface area contributed by atoms with E-state index < -0.39 is 0 Å². The molecule has 0 saturated heterocycles. The van der Waals surface area contributed by atoms with Gasteiger partial charge in [-0.05, 0) is 43.2 Å². The van der Waals surface area contributed by atoms with Crippen molar-refractivity contribution < 1.29 is 18.7 Å². The van der Waals surface area contributed by atoms with Crippen LogP contribution in [-0.2, 0) is 6.54 Å². The molecule has 1 heterocycles. The van der Waals surface area contributed by atoms with Gasteiger partial charge in [0.25, 0.3) is 0 Å². The van der Waals surface area contributed by atoms with Crippen LogP contribution in [0.1, 0.15) is 27.4 Å². The van der Waals surface area contributed by atoms with Gasteiger partial charge in [-0.1, -0.05) is 24.3 Å². The first kappa shape index (κ1) is 20.4. The number of benzene rings is 2. The number of ether oxygens (including phenoxy) is 2. The van der Waals surface area contributed by atoms with Crippen molar-refractivity contribution in [2.45, 2.75) is 20.4 Å². The van der Waals surface area contributed by atoms with Crippen molar-refractivity contribution in [3.05, 3.63) is 65.0 Å². The minimum Gasteiger partial charge on any atom is -0.496 e. The molecule has 0 aliphatic rings. The first-order valence-corrected chi connectivity index (χ1v) is 9.19. The molecule has 152 valence electrons. The third-order valence-corrected chi connectivity index (χ3v) is 4.51. The van der Waals surface area contributed by atoms with Gasteiger partial charge in [-0.2, -0.15) is 0 Å². The number of carbonyl (C=O) groups excluding carboxylic acids is 1. The van der Waals surface area contributed by atoms with Gasteiger partial charge in [0.2, 0.25) is 11.7 Å². The molecular formula is C22H25N3O4. The summed E-state index contributed by atoms with van der Waals surface area (Å²) in [5.74, 6) is 1.63. The number of carbonyl (C=O) groups is 1. The molecule has 3 rings (SSSR count). The Morgan fingerprint density at radius 3 is 2.52 bits per heavy atom. The van der Waals surface area contributed by atoms with Crippen LogP contribution in [0.4, 0.5) is 0 Å². The molecule has 29 heavy (non-hydrogen) atoms. The summed E-state index contributed by atoms with van der Waals surface area (Å²) >= 11 is 0. The Bertz CT molecular complexity index is 1010. The Kier molecular flexibility index (Phi) is 6.19. The maximum absolute atomic E-state index is 12.7. The summed E-state index contributed by atoms with van der Waals surface area (Å²) in [6.45, 7) is 4.26. The maximum Gasteiger partial charge on any atom is 0.303 e. The van der Waals surface area contributed by atoms with E-state index in [1.165, 1.54) is 0 Å². The van der Waals surface area contributed by atoms with E-state index in [4.69, 9.17) is 13.9 Å². The zero-order chi connectivity index (χ0) is 21.0.